The number of anilines is 2. The Kier molecular flexibility index (Phi) is 6.06. The molecule has 3 N–H and O–H groups in total. The van der Waals surface area contributed by atoms with E-state index in [2.05, 4.69) is 20.9 Å². The number of ether oxygens (including phenoxy) is 1. The van der Waals surface area contributed by atoms with Gasteiger partial charge in [-0.1, -0.05) is 24.3 Å². The van der Waals surface area contributed by atoms with Gasteiger partial charge in [-0.15, -0.1) is 0 Å². The molecule has 1 saturated heterocycles. The van der Waals surface area contributed by atoms with Crippen molar-refractivity contribution in [3.05, 3.63) is 59.7 Å². The molecule has 8 heteroatoms. The van der Waals surface area contributed by atoms with Gasteiger partial charge in [-0.05, 0) is 29.8 Å². The van der Waals surface area contributed by atoms with Gasteiger partial charge in [0.2, 0.25) is 11.8 Å². The van der Waals surface area contributed by atoms with Gasteiger partial charge >= 0.3 is 0 Å². The first-order valence-corrected chi connectivity index (χ1v) is 9.98. The minimum atomic E-state index is -0.939. The summed E-state index contributed by atoms with van der Waals surface area (Å²) in [4.78, 5) is 39.6. The second-order valence-electron chi connectivity index (χ2n) is 7.40. The van der Waals surface area contributed by atoms with Gasteiger partial charge in [-0.2, -0.15) is 0 Å². The molecule has 156 valence electrons. The molecule has 1 unspecified atom stereocenters. The van der Waals surface area contributed by atoms with Crippen LogP contribution in [0, 0.1) is 0 Å². The second kappa shape index (κ2) is 9.06. The first kappa shape index (κ1) is 20.1. The number of nitrogens with one attached hydrogen (secondary N) is 3. The van der Waals surface area contributed by atoms with Crippen molar-refractivity contribution in [2.75, 3.05) is 36.9 Å². The Labute approximate surface area is 174 Å². The smallest absolute Gasteiger partial charge is 0.254 e. The number of carbonyl (C=O) groups is 3. The molecule has 1 fully saturated rings. The molecular weight excluding hydrogens is 384 g/mol. The van der Waals surface area contributed by atoms with Crippen LogP contribution in [0.15, 0.2) is 48.5 Å². The van der Waals surface area contributed by atoms with Gasteiger partial charge in [0, 0.05) is 25.3 Å². The van der Waals surface area contributed by atoms with Crippen LogP contribution in [0.5, 0.6) is 0 Å². The molecule has 2 aliphatic heterocycles. The van der Waals surface area contributed by atoms with Crippen LogP contribution in [0.25, 0.3) is 0 Å². The van der Waals surface area contributed by atoms with Crippen LogP contribution in [-0.4, -0.2) is 55.0 Å². The van der Waals surface area contributed by atoms with Crippen molar-refractivity contribution < 1.29 is 19.1 Å². The van der Waals surface area contributed by atoms with Crippen molar-refractivity contribution in [3.8, 4) is 0 Å². The lowest BCUT2D eigenvalue weighted by molar-refractivity contribution is -0.122. The fraction of sp³-hybridized carbons (Fsp3) is 0.318. The molecule has 0 aromatic heterocycles. The third kappa shape index (κ3) is 4.84. The summed E-state index contributed by atoms with van der Waals surface area (Å²) < 4.78 is 5.36. The number of hydrogen-bond donors (Lipinski definition) is 3. The monoisotopic (exact) mass is 408 g/mol. The van der Waals surface area contributed by atoms with Gasteiger partial charge in [-0.3, -0.25) is 19.3 Å². The lowest BCUT2D eigenvalue weighted by atomic mass is 10.1. The third-order valence-corrected chi connectivity index (χ3v) is 5.19. The zero-order valence-electron chi connectivity index (χ0n) is 16.5. The molecule has 0 bridgehead atoms. The number of amides is 3. The molecule has 4 rings (SSSR count). The highest BCUT2D eigenvalue weighted by Crippen LogP contribution is 2.19. The Morgan fingerprint density at radius 3 is 2.57 bits per heavy atom. The van der Waals surface area contributed by atoms with E-state index in [0.717, 1.165) is 38.4 Å². The van der Waals surface area contributed by atoms with Crippen LogP contribution >= 0.6 is 0 Å². The number of carbonyl (C=O) groups excluding carboxylic acids is 3. The predicted molar refractivity (Wildman–Crippen MR) is 112 cm³/mol. The van der Waals surface area contributed by atoms with E-state index < -0.39 is 11.9 Å². The molecule has 1 atom stereocenters. The van der Waals surface area contributed by atoms with E-state index in [1.807, 2.05) is 24.3 Å². The Morgan fingerprint density at radius 2 is 1.80 bits per heavy atom. The minimum Gasteiger partial charge on any atom is -0.379 e. The number of rotatable bonds is 5. The molecule has 2 aliphatic rings. The highest BCUT2D eigenvalue weighted by atomic mass is 16.5. The van der Waals surface area contributed by atoms with Crippen LogP contribution in [0.4, 0.5) is 11.4 Å². The van der Waals surface area contributed by atoms with Crippen LogP contribution in [-0.2, 0) is 20.9 Å². The summed E-state index contributed by atoms with van der Waals surface area (Å²) in [7, 11) is 0. The Balaban J connectivity index is 1.33. The lowest BCUT2D eigenvalue weighted by Gasteiger charge is -2.26. The second-order valence-corrected chi connectivity index (χ2v) is 7.40. The van der Waals surface area contributed by atoms with Crippen LogP contribution < -0.4 is 16.0 Å². The van der Waals surface area contributed by atoms with Gasteiger partial charge in [0.25, 0.3) is 5.91 Å². The molecule has 2 aromatic rings. The topological polar surface area (TPSA) is 99.8 Å². The van der Waals surface area contributed by atoms with E-state index in [9.17, 15) is 14.4 Å². The van der Waals surface area contributed by atoms with E-state index in [1.54, 1.807) is 24.3 Å². The highest BCUT2D eigenvalue weighted by Gasteiger charge is 2.29. The fourth-order valence-electron chi connectivity index (χ4n) is 3.56. The van der Waals surface area contributed by atoms with Gasteiger partial charge in [-0.25, -0.2) is 0 Å². The number of hydrogen-bond acceptors (Lipinski definition) is 5. The molecular formula is C22H24N4O4. The number of fused-ring (bicyclic) bond motifs is 1. The summed E-state index contributed by atoms with van der Waals surface area (Å²) >= 11 is 0. The summed E-state index contributed by atoms with van der Waals surface area (Å²) in [6.45, 7) is 4.18. The van der Waals surface area contributed by atoms with E-state index in [-0.39, 0.29) is 18.2 Å². The van der Waals surface area contributed by atoms with Crippen molar-refractivity contribution in [2.24, 2.45) is 0 Å². The molecule has 0 spiro atoms. The van der Waals surface area contributed by atoms with E-state index in [0.29, 0.717) is 16.9 Å². The first-order chi connectivity index (χ1) is 14.6. The zero-order chi connectivity index (χ0) is 20.9. The highest BCUT2D eigenvalue weighted by molar-refractivity contribution is 6.11. The van der Waals surface area contributed by atoms with Crippen molar-refractivity contribution in [3.63, 3.8) is 0 Å². The molecule has 8 nitrogen and oxygen atoms in total. The van der Waals surface area contributed by atoms with Crippen LogP contribution in [0.2, 0.25) is 0 Å². The molecule has 3 amide bonds. The molecule has 0 aliphatic carbocycles. The van der Waals surface area contributed by atoms with E-state index in [4.69, 9.17) is 4.74 Å². The van der Waals surface area contributed by atoms with Crippen LogP contribution in [0.3, 0.4) is 0 Å². The molecule has 2 aromatic carbocycles. The maximum absolute atomic E-state index is 12.5. The quantitative estimate of drug-likeness (QED) is 0.698. The van der Waals surface area contributed by atoms with Crippen molar-refractivity contribution in [2.45, 2.75) is 19.0 Å². The van der Waals surface area contributed by atoms with Gasteiger partial charge in [0.15, 0.2) is 0 Å². The summed E-state index contributed by atoms with van der Waals surface area (Å²) in [6.07, 6.45) is -0.152. The molecule has 2 heterocycles. The van der Waals surface area contributed by atoms with E-state index >= 15 is 0 Å². The molecule has 0 radical (unpaired) electrons. The van der Waals surface area contributed by atoms with Gasteiger partial charge < -0.3 is 20.7 Å². The SMILES string of the molecule is O=C(CC1NC(=O)c2ccccc2NC1=O)Nc1ccc(CN2CCOCC2)cc1. The maximum Gasteiger partial charge on any atom is 0.254 e. The standard InChI is InChI=1S/C22H24N4O4/c27-20(13-19-22(29)24-18-4-2-1-3-17(18)21(28)25-19)23-16-7-5-15(6-8-16)14-26-9-11-30-12-10-26/h1-8,19H,9-14H2,(H,23,27)(H,24,29)(H,25,28). The average molecular weight is 408 g/mol. The maximum atomic E-state index is 12.5. The summed E-state index contributed by atoms with van der Waals surface area (Å²) in [5, 5.41) is 8.12. The van der Waals surface area contributed by atoms with Gasteiger partial charge in [0.1, 0.15) is 6.04 Å². The number of benzene rings is 2. The summed E-state index contributed by atoms with van der Waals surface area (Å²) in [5.74, 6) is -1.14. The first-order valence-electron chi connectivity index (χ1n) is 9.98. The largest absolute Gasteiger partial charge is 0.379 e. The molecule has 30 heavy (non-hydrogen) atoms. The van der Waals surface area contributed by atoms with Crippen molar-refractivity contribution >= 4 is 29.1 Å². The summed E-state index contributed by atoms with van der Waals surface area (Å²) in [6, 6.07) is 13.4. The van der Waals surface area contributed by atoms with Crippen LogP contribution in [0.1, 0.15) is 22.3 Å². The Morgan fingerprint density at radius 1 is 1.07 bits per heavy atom. The zero-order valence-corrected chi connectivity index (χ0v) is 16.5. The fourth-order valence-corrected chi connectivity index (χ4v) is 3.56. The summed E-state index contributed by atoms with van der Waals surface area (Å²) in [5.41, 5.74) is 2.63. The Hall–Kier alpha value is -3.23. The van der Waals surface area contributed by atoms with Crippen molar-refractivity contribution in [1.82, 2.24) is 10.2 Å². The number of morpholine rings is 1. The predicted octanol–water partition coefficient (Wildman–Crippen LogP) is 1.60. The third-order valence-electron chi connectivity index (χ3n) is 5.19. The minimum absolute atomic E-state index is 0.152. The normalized spacial score (nSPS) is 19.3. The molecule has 0 saturated carbocycles. The Bertz CT molecular complexity index is 938. The lowest BCUT2D eigenvalue weighted by Crippen LogP contribution is -2.43. The number of nitrogens with zero attached hydrogens (tertiary/aromatic N) is 1. The van der Waals surface area contributed by atoms with E-state index in [1.165, 1.54) is 0 Å². The van der Waals surface area contributed by atoms with Crippen molar-refractivity contribution in [1.29, 1.82) is 0 Å². The van der Waals surface area contributed by atoms with Gasteiger partial charge in [0.05, 0.1) is 30.9 Å². The average Bonchev–Trinajstić information content (AvgIpc) is 2.86. The number of para-hydroxylation sites is 1.